The third-order valence-electron chi connectivity index (χ3n) is 4.60. The number of nitrogens with zero attached hydrogens (tertiary/aromatic N) is 5. The summed E-state index contributed by atoms with van der Waals surface area (Å²) in [6.07, 6.45) is 3.86. The van der Waals surface area contributed by atoms with Crippen molar-refractivity contribution in [3.63, 3.8) is 0 Å². The van der Waals surface area contributed by atoms with E-state index in [0.717, 1.165) is 44.1 Å². The van der Waals surface area contributed by atoms with E-state index >= 15 is 0 Å². The molecule has 1 saturated heterocycles. The number of rotatable bonds is 4. The Hall–Kier alpha value is -2.16. The van der Waals surface area contributed by atoms with Gasteiger partial charge in [0, 0.05) is 51.7 Å². The Morgan fingerprint density at radius 1 is 1.22 bits per heavy atom. The quantitative estimate of drug-likeness (QED) is 0.867. The van der Waals surface area contributed by atoms with Crippen molar-refractivity contribution in [1.29, 1.82) is 5.26 Å². The summed E-state index contributed by atoms with van der Waals surface area (Å²) in [5, 5.41) is 8.87. The molecule has 5 nitrogen and oxygen atoms in total. The van der Waals surface area contributed by atoms with Crippen LogP contribution in [0.2, 0.25) is 0 Å². The van der Waals surface area contributed by atoms with Gasteiger partial charge in [-0.1, -0.05) is 12.1 Å². The number of hydrogen-bond acceptors (Lipinski definition) is 4. The molecular formula is C18H23N5. The monoisotopic (exact) mass is 309 g/mol. The highest BCUT2D eigenvalue weighted by molar-refractivity contribution is 5.31. The molecule has 1 fully saturated rings. The lowest BCUT2D eigenvalue weighted by Gasteiger charge is -2.39. The third-order valence-corrected chi connectivity index (χ3v) is 4.60. The average molecular weight is 309 g/mol. The molecular weight excluding hydrogens is 286 g/mol. The summed E-state index contributed by atoms with van der Waals surface area (Å²) in [7, 11) is 2.05. The molecule has 0 bridgehead atoms. The first kappa shape index (κ1) is 15.7. The predicted molar refractivity (Wildman–Crippen MR) is 89.5 cm³/mol. The lowest BCUT2D eigenvalue weighted by atomic mass is 10.1. The average Bonchev–Trinajstić information content (AvgIpc) is 2.96. The summed E-state index contributed by atoms with van der Waals surface area (Å²) < 4.78 is 2.09. The predicted octanol–water partition coefficient (Wildman–Crippen LogP) is 2.00. The summed E-state index contributed by atoms with van der Waals surface area (Å²) >= 11 is 0. The van der Waals surface area contributed by atoms with Crippen molar-refractivity contribution in [2.45, 2.75) is 26.1 Å². The molecule has 0 aliphatic carbocycles. The second-order valence-electron chi connectivity index (χ2n) is 6.32. The Bertz CT molecular complexity index is 682. The Labute approximate surface area is 137 Å². The molecule has 1 aromatic carbocycles. The Morgan fingerprint density at radius 2 is 2.00 bits per heavy atom. The molecule has 0 unspecified atom stereocenters. The van der Waals surface area contributed by atoms with E-state index < -0.39 is 0 Å². The Morgan fingerprint density at radius 3 is 2.61 bits per heavy atom. The van der Waals surface area contributed by atoms with Gasteiger partial charge in [-0.05, 0) is 24.6 Å². The lowest BCUT2D eigenvalue weighted by molar-refractivity contribution is 0.0707. The largest absolute Gasteiger partial charge is 0.337 e. The van der Waals surface area contributed by atoms with E-state index in [1.807, 2.05) is 31.6 Å². The number of benzene rings is 1. The topological polar surface area (TPSA) is 48.1 Å². The number of piperazine rings is 1. The molecule has 2 heterocycles. The molecule has 23 heavy (non-hydrogen) atoms. The highest BCUT2D eigenvalue weighted by atomic mass is 15.3. The molecule has 3 rings (SSSR count). The number of aryl methyl sites for hydroxylation is 1. The van der Waals surface area contributed by atoms with Gasteiger partial charge in [-0.15, -0.1) is 0 Å². The highest BCUT2D eigenvalue weighted by Crippen LogP contribution is 2.15. The van der Waals surface area contributed by atoms with Crippen LogP contribution in [0.25, 0.3) is 0 Å². The summed E-state index contributed by atoms with van der Waals surface area (Å²) in [4.78, 5) is 9.41. The Kier molecular flexibility index (Phi) is 4.75. The maximum Gasteiger partial charge on any atom is 0.122 e. The number of aromatic nitrogens is 2. The van der Waals surface area contributed by atoms with Gasteiger partial charge < -0.3 is 4.57 Å². The van der Waals surface area contributed by atoms with Crippen molar-refractivity contribution in [2.24, 2.45) is 7.05 Å². The van der Waals surface area contributed by atoms with E-state index in [1.54, 1.807) is 0 Å². The van der Waals surface area contributed by atoms with Gasteiger partial charge in [0.15, 0.2) is 0 Å². The van der Waals surface area contributed by atoms with Crippen molar-refractivity contribution in [2.75, 3.05) is 19.6 Å². The van der Waals surface area contributed by atoms with Crippen LogP contribution in [-0.2, 0) is 20.1 Å². The molecule has 0 saturated carbocycles. The van der Waals surface area contributed by atoms with Crippen LogP contribution < -0.4 is 0 Å². The molecule has 1 aromatic heterocycles. The molecule has 0 N–H and O–H groups in total. The number of imidazole rings is 1. The molecule has 120 valence electrons. The van der Waals surface area contributed by atoms with Gasteiger partial charge in [-0.25, -0.2) is 4.98 Å². The number of nitriles is 1. The van der Waals surface area contributed by atoms with Crippen LogP contribution in [0.4, 0.5) is 0 Å². The molecule has 5 heteroatoms. The smallest absolute Gasteiger partial charge is 0.122 e. The highest BCUT2D eigenvalue weighted by Gasteiger charge is 2.24. The van der Waals surface area contributed by atoms with Crippen LogP contribution in [0, 0.1) is 11.3 Å². The summed E-state index contributed by atoms with van der Waals surface area (Å²) in [6.45, 7) is 7.33. The fraction of sp³-hybridized carbons (Fsp3) is 0.444. The van der Waals surface area contributed by atoms with Crippen LogP contribution in [0.1, 0.15) is 23.9 Å². The first-order valence-electron chi connectivity index (χ1n) is 8.07. The second-order valence-corrected chi connectivity index (χ2v) is 6.32. The van der Waals surface area contributed by atoms with E-state index in [0.29, 0.717) is 6.04 Å². The van der Waals surface area contributed by atoms with E-state index in [9.17, 15) is 0 Å². The first-order valence-corrected chi connectivity index (χ1v) is 8.07. The van der Waals surface area contributed by atoms with E-state index in [1.165, 1.54) is 5.56 Å². The first-order chi connectivity index (χ1) is 11.2. The van der Waals surface area contributed by atoms with Gasteiger partial charge >= 0.3 is 0 Å². The van der Waals surface area contributed by atoms with Gasteiger partial charge in [0.05, 0.1) is 18.2 Å². The second kappa shape index (κ2) is 6.95. The SMILES string of the molecule is C[C@H]1CN(Cc2ccc(C#N)cc2)CCN1Cc1nccn1C. The van der Waals surface area contributed by atoms with Crippen molar-refractivity contribution < 1.29 is 0 Å². The van der Waals surface area contributed by atoms with Crippen LogP contribution in [-0.4, -0.2) is 45.0 Å². The van der Waals surface area contributed by atoms with Gasteiger partial charge in [0.2, 0.25) is 0 Å². The summed E-state index contributed by atoms with van der Waals surface area (Å²) in [5.74, 6) is 1.12. The van der Waals surface area contributed by atoms with Gasteiger partial charge in [-0.3, -0.25) is 9.80 Å². The summed E-state index contributed by atoms with van der Waals surface area (Å²) in [5.41, 5.74) is 2.00. The Balaban J connectivity index is 1.55. The van der Waals surface area contributed by atoms with Gasteiger partial charge in [0.25, 0.3) is 0 Å². The zero-order valence-corrected chi connectivity index (χ0v) is 13.8. The molecule has 0 radical (unpaired) electrons. The minimum absolute atomic E-state index is 0.513. The number of hydrogen-bond donors (Lipinski definition) is 0. The molecule has 2 aromatic rings. The van der Waals surface area contributed by atoms with Gasteiger partial charge in [0.1, 0.15) is 5.82 Å². The summed E-state index contributed by atoms with van der Waals surface area (Å²) in [6, 6.07) is 10.6. The van der Waals surface area contributed by atoms with Gasteiger partial charge in [-0.2, -0.15) is 5.26 Å². The zero-order chi connectivity index (χ0) is 16.2. The van der Waals surface area contributed by atoms with Crippen LogP contribution >= 0.6 is 0 Å². The minimum atomic E-state index is 0.513. The normalized spacial score (nSPS) is 19.6. The van der Waals surface area contributed by atoms with Crippen molar-refractivity contribution >= 4 is 0 Å². The van der Waals surface area contributed by atoms with Crippen LogP contribution in [0.3, 0.4) is 0 Å². The molecule has 1 atom stereocenters. The fourth-order valence-electron chi connectivity index (χ4n) is 3.12. The third kappa shape index (κ3) is 3.79. The fourth-order valence-corrected chi connectivity index (χ4v) is 3.12. The maximum atomic E-state index is 8.87. The van der Waals surface area contributed by atoms with E-state index in [4.69, 9.17) is 5.26 Å². The van der Waals surface area contributed by atoms with Crippen LogP contribution in [0.15, 0.2) is 36.7 Å². The standard InChI is InChI=1S/C18H23N5/c1-15-12-22(13-17-5-3-16(11-19)4-6-17)9-10-23(15)14-18-20-7-8-21(18)2/h3-8,15H,9-10,12-14H2,1-2H3/t15-/m0/s1. The lowest BCUT2D eigenvalue weighted by Crippen LogP contribution is -2.51. The van der Waals surface area contributed by atoms with E-state index in [2.05, 4.69) is 44.5 Å². The molecule has 1 aliphatic rings. The zero-order valence-electron chi connectivity index (χ0n) is 13.8. The van der Waals surface area contributed by atoms with Crippen LogP contribution in [0.5, 0.6) is 0 Å². The van der Waals surface area contributed by atoms with Crippen molar-refractivity contribution in [1.82, 2.24) is 19.4 Å². The molecule has 0 amide bonds. The minimum Gasteiger partial charge on any atom is -0.337 e. The van der Waals surface area contributed by atoms with Crippen molar-refractivity contribution in [3.05, 3.63) is 53.6 Å². The maximum absolute atomic E-state index is 8.87. The molecule has 0 spiro atoms. The molecule has 1 aliphatic heterocycles. The van der Waals surface area contributed by atoms with E-state index in [-0.39, 0.29) is 0 Å². The van der Waals surface area contributed by atoms with Crippen molar-refractivity contribution in [3.8, 4) is 6.07 Å².